The maximum absolute atomic E-state index is 14.1. The smallest absolute Gasteiger partial charge is 0.250 e. The number of hydrogen-bond acceptors (Lipinski definition) is 7. The Bertz CT molecular complexity index is 1660. The highest BCUT2D eigenvalue weighted by Gasteiger charge is 2.44. The van der Waals surface area contributed by atoms with Gasteiger partial charge in [0.1, 0.15) is 35.2 Å². The molecule has 0 aliphatic carbocycles. The second kappa shape index (κ2) is 12.3. The molecule has 0 bridgehead atoms. The van der Waals surface area contributed by atoms with Gasteiger partial charge in [-0.2, -0.15) is 0 Å². The molecule has 0 spiro atoms. The Labute approximate surface area is 253 Å². The number of aromatic nitrogens is 3. The van der Waals surface area contributed by atoms with Crippen LogP contribution in [0.4, 0.5) is 5.69 Å². The fourth-order valence-electron chi connectivity index (χ4n) is 6.05. The average molecular weight is 598 g/mol. The van der Waals surface area contributed by atoms with Crippen LogP contribution in [-0.2, 0) is 45.0 Å². The molecule has 0 unspecified atom stereocenters. The summed E-state index contributed by atoms with van der Waals surface area (Å²) >= 11 is 0. The lowest BCUT2D eigenvalue weighted by molar-refractivity contribution is -0.133. The van der Waals surface area contributed by atoms with E-state index in [2.05, 4.69) is 31.4 Å². The molecule has 4 aromatic rings. The molecule has 0 saturated heterocycles. The molecule has 2 aliphatic rings. The van der Waals surface area contributed by atoms with E-state index in [1.54, 1.807) is 11.1 Å². The van der Waals surface area contributed by atoms with E-state index >= 15 is 0 Å². The van der Waals surface area contributed by atoms with E-state index in [1.165, 1.54) is 0 Å². The Kier molecular flexibility index (Phi) is 8.14. The number of nitrogens with one attached hydrogen (secondary N) is 4. The molecule has 12 nitrogen and oxygen atoms in total. The normalized spacial score (nSPS) is 18.8. The van der Waals surface area contributed by atoms with Crippen LogP contribution in [0.2, 0.25) is 0 Å². The van der Waals surface area contributed by atoms with Gasteiger partial charge in [0.15, 0.2) is 0 Å². The summed E-state index contributed by atoms with van der Waals surface area (Å²) in [6.07, 6.45) is 3.49. The molecule has 4 N–H and O–H groups in total. The minimum Gasteiger partial charge on any atom is -0.461 e. The van der Waals surface area contributed by atoms with Crippen molar-refractivity contribution in [3.8, 4) is 0 Å². The summed E-state index contributed by atoms with van der Waals surface area (Å²) in [4.78, 5) is 55.8. The minimum absolute atomic E-state index is 0.0196. The van der Waals surface area contributed by atoms with Crippen LogP contribution < -0.4 is 20.9 Å². The fourth-order valence-corrected chi connectivity index (χ4v) is 6.05. The van der Waals surface area contributed by atoms with Gasteiger partial charge in [-0.15, -0.1) is 5.10 Å². The van der Waals surface area contributed by atoms with E-state index in [-0.39, 0.29) is 36.6 Å². The van der Waals surface area contributed by atoms with E-state index in [4.69, 9.17) is 4.42 Å². The molecule has 2 aromatic carbocycles. The van der Waals surface area contributed by atoms with Crippen molar-refractivity contribution in [2.45, 2.75) is 70.6 Å². The molecule has 6 rings (SSSR count). The molecule has 0 radical (unpaired) electrons. The molecule has 4 atom stereocenters. The summed E-state index contributed by atoms with van der Waals surface area (Å²) in [6.45, 7) is 4.00. The van der Waals surface area contributed by atoms with Crippen molar-refractivity contribution in [1.29, 1.82) is 0 Å². The Morgan fingerprint density at radius 2 is 1.95 bits per heavy atom. The van der Waals surface area contributed by atoms with Crippen molar-refractivity contribution in [3.05, 3.63) is 77.3 Å². The van der Waals surface area contributed by atoms with Crippen molar-refractivity contribution >= 4 is 40.3 Å². The lowest BCUT2D eigenvalue weighted by Gasteiger charge is -2.29. The van der Waals surface area contributed by atoms with Crippen LogP contribution in [0.1, 0.15) is 49.3 Å². The van der Waals surface area contributed by atoms with Crippen LogP contribution in [-0.4, -0.2) is 57.2 Å². The summed E-state index contributed by atoms with van der Waals surface area (Å²) in [5.41, 5.74) is 3.88. The number of carbonyl (C=O) groups excluding carboxylic acids is 4. The van der Waals surface area contributed by atoms with Gasteiger partial charge in [-0.1, -0.05) is 61.9 Å². The highest BCUT2D eigenvalue weighted by Crippen LogP contribution is 2.39. The Morgan fingerprint density at radius 1 is 1.14 bits per heavy atom. The second-order valence-electron chi connectivity index (χ2n) is 11.5. The first-order valence-electron chi connectivity index (χ1n) is 15.0. The predicted molar refractivity (Wildman–Crippen MR) is 161 cm³/mol. The predicted octanol–water partition coefficient (Wildman–Crippen LogP) is 2.33. The van der Waals surface area contributed by atoms with E-state index < -0.39 is 24.0 Å². The van der Waals surface area contributed by atoms with E-state index in [9.17, 15) is 19.2 Å². The van der Waals surface area contributed by atoms with E-state index in [0.717, 1.165) is 22.2 Å². The quantitative estimate of drug-likeness (QED) is 0.218. The van der Waals surface area contributed by atoms with Crippen LogP contribution in [0.25, 0.3) is 11.0 Å². The number of nitrogens with zero attached hydrogens (tertiary/aromatic N) is 3. The zero-order valence-electron chi connectivity index (χ0n) is 24.6. The van der Waals surface area contributed by atoms with E-state index in [0.29, 0.717) is 42.7 Å². The molecule has 2 aliphatic heterocycles. The maximum Gasteiger partial charge on any atom is 0.250 e. The third-order valence-electron chi connectivity index (χ3n) is 8.56. The third-order valence-corrected chi connectivity index (χ3v) is 8.56. The summed E-state index contributed by atoms with van der Waals surface area (Å²) in [6, 6.07) is 12.7. The van der Waals surface area contributed by atoms with Crippen LogP contribution in [0.3, 0.4) is 0 Å². The highest BCUT2D eigenvalue weighted by atomic mass is 16.3. The van der Waals surface area contributed by atoms with Crippen molar-refractivity contribution in [1.82, 2.24) is 31.4 Å². The number of amides is 4. The van der Waals surface area contributed by atoms with Crippen molar-refractivity contribution in [2.75, 3.05) is 4.90 Å². The SMILES string of the molecule is CC[C@H](C)[C@H](NC(=O)Cc1cc2ccccc2o1)C(=O)N[C@H]1CCc2cccc3c2N(C1=O)[C@H](C(=O)NCc1c[nH]nn1)C3. The van der Waals surface area contributed by atoms with Gasteiger partial charge < -0.3 is 20.4 Å². The molecule has 0 fully saturated rings. The number of aryl methyl sites for hydroxylation is 1. The molecule has 2 aromatic heterocycles. The number of carbonyl (C=O) groups is 4. The van der Waals surface area contributed by atoms with Gasteiger partial charge in [-0.3, -0.25) is 29.2 Å². The number of fused-ring (bicyclic) bond motifs is 1. The topological polar surface area (TPSA) is 162 Å². The van der Waals surface area contributed by atoms with Gasteiger partial charge in [0.25, 0.3) is 0 Å². The maximum atomic E-state index is 14.1. The van der Waals surface area contributed by atoms with Gasteiger partial charge in [0.05, 0.1) is 18.7 Å². The van der Waals surface area contributed by atoms with Gasteiger partial charge >= 0.3 is 0 Å². The Morgan fingerprint density at radius 3 is 2.73 bits per heavy atom. The number of aromatic amines is 1. The zero-order valence-corrected chi connectivity index (χ0v) is 24.6. The first-order chi connectivity index (χ1) is 21.3. The van der Waals surface area contributed by atoms with E-state index in [1.807, 2.05) is 62.4 Å². The molecular weight excluding hydrogens is 562 g/mol. The van der Waals surface area contributed by atoms with Crippen molar-refractivity contribution in [3.63, 3.8) is 0 Å². The first kappa shape index (κ1) is 29.1. The Hall–Kier alpha value is -5.00. The zero-order chi connectivity index (χ0) is 30.8. The van der Waals surface area contributed by atoms with Crippen LogP contribution in [0.5, 0.6) is 0 Å². The first-order valence-corrected chi connectivity index (χ1v) is 15.0. The number of para-hydroxylation sites is 2. The average Bonchev–Trinajstić information content (AvgIpc) is 3.76. The fraction of sp³-hybridized carbons (Fsp3) is 0.375. The highest BCUT2D eigenvalue weighted by molar-refractivity contribution is 6.08. The molecule has 44 heavy (non-hydrogen) atoms. The number of hydrogen-bond donors (Lipinski definition) is 4. The summed E-state index contributed by atoms with van der Waals surface area (Å²) < 4.78 is 5.79. The standard InChI is InChI=1S/C32H35N7O5/c1-3-18(2)28(36-27(40)15-23-13-20-7-4-5-10-26(20)44-23)31(42)35-24-12-11-19-8-6-9-21-14-25(39(29(19)21)32(24)43)30(41)33-16-22-17-34-38-37-22/h4-10,13,17-18,24-25,28H,3,11-12,14-16H2,1-2H3,(H,33,41)(H,35,42)(H,36,40)(H,34,37,38)/t18-,24-,25-,28-/m0/s1. The number of rotatable bonds is 10. The second-order valence-corrected chi connectivity index (χ2v) is 11.5. The minimum atomic E-state index is -0.870. The molecule has 4 heterocycles. The monoisotopic (exact) mass is 597 g/mol. The van der Waals surface area contributed by atoms with Crippen LogP contribution >= 0.6 is 0 Å². The third kappa shape index (κ3) is 5.79. The molecule has 4 amide bonds. The van der Waals surface area contributed by atoms with Crippen LogP contribution in [0.15, 0.2) is 59.1 Å². The number of anilines is 1. The van der Waals surface area contributed by atoms with Gasteiger partial charge in [0, 0.05) is 18.0 Å². The van der Waals surface area contributed by atoms with Gasteiger partial charge in [-0.25, -0.2) is 0 Å². The molecular formula is C32H35N7O5. The number of furan rings is 1. The summed E-state index contributed by atoms with van der Waals surface area (Å²) in [5.74, 6) is -1.14. The number of H-pyrrole nitrogens is 1. The van der Waals surface area contributed by atoms with Gasteiger partial charge in [-0.05, 0) is 42.0 Å². The molecule has 12 heteroatoms. The van der Waals surface area contributed by atoms with Crippen molar-refractivity contribution < 1.29 is 23.6 Å². The summed E-state index contributed by atoms with van der Waals surface area (Å²) in [7, 11) is 0. The largest absolute Gasteiger partial charge is 0.461 e. The lowest BCUT2D eigenvalue weighted by Crippen LogP contribution is -2.58. The van der Waals surface area contributed by atoms with Gasteiger partial charge in [0.2, 0.25) is 23.6 Å². The Balaban J connectivity index is 1.17. The molecule has 0 saturated carbocycles. The van der Waals surface area contributed by atoms with Crippen LogP contribution in [0, 0.1) is 5.92 Å². The lowest BCUT2D eigenvalue weighted by atomic mass is 9.97. The molecule has 228 valence electrons. The summed E-state index contributed by atoms with van der Waals surface area (Å²) in [5, 5.41) is 19.7. The number of benzene rings is 2. The van der Waals surface area contributed by atoms with Crippen molar-refractivity contribution in [2.24, 2.45) is 5.92 Å².